The van der Waals surface area contributed by atoms with Gasteiger partial charge in [-0.2, -0.15) is 0 Å². The maximum Gasteiger partial charge on any atom is 0.0685 e. The molecule has 0 saturated heterocycles. The molecule has 0 heterocycles. The lowest BCUT2D eigenvalue weighted by molar-refractivity contribution is 0.259. The molecular weight excluding hydrogens is 238 g/mol. The smallest absolute Gasteiger partial charge is 0.0685 e. The van der Waals surface area contributed by atoms with E-state index in [9.17, 15) is 10.2 Å². The second-order valence-corrected chi connectivity index (χ2v) is 4.88. The Morgan fingerprint density at radius 2 is 1.89 bits per heavy atom. The van der Waals surface area contributed by atoms with Gasteiger partial charge in [-0.25, -0.2) is 0 Å². The highest BCUT2D eigenvalue weighted by Gasteiger charge is 2.07. The van der Waals surface area contributed by atoms with Crippen molar-refractivity contribution in [3.8, 4) is 0 Å². The minimum absolute atomic E-state index is 0.0279. The van der Waals surface area contributed by atoms with E-state index in [1.807, 2.05) is 18.2 Å². The van der Waals surface area contributed by atoms with Crippen LogP contribution in [0.1, 0.15) is 29.5 Å². The molecule has 0 atom stereocenters. The van der Waals surface area contributed by atoms with E-state index in [4.69, 9.17) is 0 Å². The predicted molar refractivity (Wildman–Crippen MR) is 76.2 cm³/mol. The van der Waals surface area contributed by atoms with Gasteiger partial charge in [-0.3, -0.25) is 0 Å². The molecule has 3 heteroatoms. The number of hydrogen-bond acceptors (Lipinski definition) is 3. The maximum absolute atomic E-state index is 9.31. The Kier molecular flexibility index (Phi) is 4.77. The highest BCUT2D eigenvalue weighted by molar-refractivity contribution is 5.32. The topological polar surface area (TPSA) is 43.7 Å². The SMILES string of the molecule is CN(Cc1ccc(CO)c(CO)c1)C1=CCCC=C1. The molecule has 0 spiro atoms. The van der Waals surface area contributed by atoms with Crippen LogP contribution in [0.3, 0.4) is 0 Å². The molecule has 0 aromatic heterocycles. The molecule has 0 bridgehead atoms. The summed E-state index contributed by atoms with van der Waals surface area (Å²) in [6.07, 6.45) is 8.81. The zero-order valence-electron chi connectivity index (χ0n) is 11.3. The number of hydrogen-bond donors (Lipinski definition) is 2. The van der Waals surface area contributed by atoms with E-state index in [1.54, 1.807) is 0 Å². The van der Waals surface area contributed by atoms with Crippen molar-refractivity contribution < 1.29 is 10.2 Å². The van der Waals surface area contributed by atoms with Gasteiger partial charge in [0, 0.05) is 19.3 Å². The lowest BCUT2D eigenvalue weighted by atomic mass is 10.0. The fourth-order valence-corrected chi connectivity index (χ4v) is 2.33. The van der Waals surface area contributed by atoms with Gasteiger partial charge in [-0.05, 0) is 35.6 Å². The Morgan fingerprint density at radius 1 is 1.11 bits per heavy atom. The van der Waals surface area contributed by atoms with Crippen molar-refractivity contribution in [1.82, 2.24) is 4.90 Å². The van der Waals surface area contributed by atoms with Gasteiger partial charge >= 0.3 is 0 Å². The first kappa shape index (κ1) is 13.8. The molecule has 1 aromatic carbocycles. The molecule has 0 fully saturated rings. The molecule has 0 amide bonds. The summed E-state index contributed by atoms with van der Waals surface area (Å²) in [6.45, 7) is 0.741. The van der Waals surface area contributed by atoms with E-state index in [1.165, 1.54) is 5.70 Å². The summed E-state index contributed by atoms with van der Waals surface area (Å²) in [5, 5.41) is 18.5. The van der Waals surface area contributed by atoms with Crippen molar-refractivity contribution >= 4 is 0 Å². The number of nitrogens with zero attached hydrogens (tertiary/aromatic N) is 1. The average Bonchev–Trinajstić information content (AvgIpc) is 2.48. The van der Waals surface area contributed by atoms with Crippen LogP contribution in [0.25, 0.3) is 0 Å². The summed E-state index contributed by atoms with van der Waals surface area (Å²) < 4.78 is 0. The number of likely N-dealkylation sites (N-methyl/N-ethyl adjacent to an activating group) is 1. The standard InChI is InChI=1S/C16H21NO2/c1-17(16-5-3-2-4-6-16)10-13-7-8-14(11-18)15(9-13)12-19/h3,5-9,18-19H,2,4,10-12H2,1H3. The van der Waals surface area contributed by atoms with Gasteiger partial charge in [0.15, 0.2) is 0 Å². The van der Waals surface area contributed by atoms with Crippen LogP contribution in [0.15, 0.2) is 42.1 Å². The summed E-state index contributed by atoms with van der Waals surface area (Å²) >= 11 is 0. The molecule has 102 valence electrons. The van der Waals surface area contributed by atoms with Gasteiger partial charge in [-0.1, -0.05) is 30.4 Å². The monoisotopic (exact) mass is 259 g/mol. The predicted octanol–water partition coefficient (Wildman–Crippen LogP) is 2.34. The Morgan fingerprint density at radius 3 is 2.53 bits per heavy atom. The molecule has 1 aromatic rings. The fourth-order valence-electron chi connectivity index (χ4n) is 2.33. The van der Waals surface area contributed by atoms with Crippen molar-refractivity contribution in [3.63, 3.8) is 0 Å². The first-order valence-corrected chi connectivity index (χ1v) is 6.65. The van der Waals surface area contributed by atoms with Crippen molar-refractivity contribution in [3.05, 3.63) is 58.8 Å². The first-order chi connectivity index (χ1) is 9.24. The van der Waals surface area contributed by atoms with Gasteiger partial charge in [0.2, 0.25) is 0 Å². The van der Waals surface area contributed by atoms with Gasteiger partial charge in [0.05, 0.1) is 13.2 Å². The van der Waals surface area contributed by atoms with Crippen LogP contribution in [0, 0.1) is 0 Å². The van der Waals surface area contributed by atoms with Crippen molar-refractivity contribution in [1.29, 1.82) is 0 Å². The second kappa shape index (κ2) is 6.55. The van der Waals surface area contributed by atoms with Crippen molar-refractivity contribution in [2.45, 2.75) is 32.6 Å². The summed E-state index contributed by atoms with van der Waals surface area (Å²) in [6, 6.07) is 5.86. The molecular formula is C16H21NO2. The van der Waals surface area contributed by atoms with Crippen LogP contribution in [0.5, 0.6) is 0 Å². The average molecular weight is 259 g/mol. The third-order valence-electron chi connectivity index (χ3n) is 3.45. The van der Waals surface area contributed by atoms with Crippen molar-refractivity contribution in [2.24, 2.45) is 0 Å². The molecule has 1 aliphatic rings. The van der Waals surface area contributed by atoms with E-state index >= 15 is 0 Å². The Labute approximate surface area is 114 Å². The molecule has 2 rings (SSSR count). The van der Waals surface area contributed by atoms with E-state index in [0.717, 1.165) is 36.1 Å². The van der Waals surface area contributed by atoms with Crippen molar-refractivity contribution in [2.75, 3.05) is 7.05 Å². The highest BCUT2D eigenvalue weighted by Crippen LogP contribution is 2.18. The molecule has 0 radical (unpaired) electrons. The third-order valence-corrected chi connectivity index (χ3v) is 3.45. The zero-order valence-corrected chi connectivity index (χ0v) is 11.3. The van der Waals surface area contributed by atoms with E-state index in [0.29, 0.717) is 0 Å². The van der Waals surface area contributed by atoms with Crippen LogP contribution in [0.2, 0.25) is 0 Å². The van der Waals surface area contributed by atoms with E-state index in [2.05, 4.69) is 30.2 Å². The minimum atomic E-state index is -0.0317. The Bertz CT molecular complexity index is 492. The lowest BCUT2D eigenvalue weighted by Gasteiger charge is -2.22. The van der Waals surface area contributed by atoms with Crippen LogP contribution < -0.4 is 0 Å². The quantitative estimate of drug-likeness (QED) is 0.853. The minimum Gasteiger partial charge on any atom is -0.392 e. The first-order valence-electron chi connectivity index (χ1n) is 6.65. The molecule has 0 aliphatic heterocycles. The van der Waals surface area contributed by atoms with Crippen LogP contribution in [-0.2, 0) is 19.8 Å². The zero-order chi connectivity index (χ0) is 13.7. The number of allylic oxidation sites excluding steroid dienone is 3. The normalized spacial score (nSPS) is 14.4. The Balaban J connectivity index is 2.10. The molecule has 0 unspecified atom stereocenters. The largest absolute Gasteiger partial charge is 0.392 e. The number of benzene rings is 1. The third kappa shape index (κ3) is 3.46. The number of aliphatic hydroxyl groups excluding tert-OH is 2. The molecule has 1 aliphatic carbocycles. The van der Waals surface area contributed by atoms with Gasteiger partial charge in [0.25, 0.3) is 0 Å². The maximum atomic E-state index is 9.31. The van der Waals surface area contributed by atoms with Crippen LogP contribution in [0.4, 0.5) is 0 Å². The fraction of sp³-hybridized carbons (Fsp3) is 0.375. The van der Waals surface area contributed by atoms with Gasteiger partial charge in [-0.15, -0.1) is 0 Å². The summed E-state index contributed by atoms with van der Waals surface area (Å²) in [5.41, 5.74) is 3.99. The number of aliphatic hydroxyl groups is 2. The molecule has 0 saturated carbocycles. The summed E-state index contributed by atoms with van der Waals surface area (Å²) in [5.74, 6) is 0. The molecule has 19 heavy (non-hydrogen) atoms. The Hall–Kier alpha value is -1.58. The highest BCUT2D eigenvalue weighted by atomic mass is 16.3. The molecule has 3 nitrogen and oxygen atoms in total. The summed E-state index contributed by atoms with van der Waals surface area (Å²) in [4.78, 5) is 2.20. The number of rotatable bonds is 5. The second-order valence-electron chi connectivity index (χ2n) is 4.88. The van der Waals surface area contributed by atoms with Gasteiger partial charge in [0.1, 0.15) is 0 Å². The van der Waals surface area contributed by atoms with Crippen LogP contribution in [-0.4, -0.2) is 22.2 Å². The van der Waals surface area contributed by atoms with Crippen LogP contribution >= 0.6 is 0 Å². The lowest BCUT2D eigenvalue weighted by Crippen LogP contribution is -2.17. The van der Waals surface area contributed by atoms with E-state index in [-0.39, 0.29) is 13.2 Å². The summed E-state index contributed by atoms with van der Waals surface area (Å²) in [7, 11) is 2.07. The molecule has 2 N–H and O–H groups in total. The van der Waals surface area contributed by atoms with Gasteiger partial charge < -0.3 is 15.1 Å². The van der Waals surface area contributed by atoms with E-state index < -0.39 is 0 Å².